The molecule has 42 heavy (non-hydrogen) atoms. The van der Waals surface area contributed by atoms with Crippen LogP contribution in [0.25, 0.3) is 0 Å². The summed E-state index contributed by atoms with van der Waals surface area (Å²) in [5.41, 5.74) is 5.86. The van der Waals surface area contributed by atoms with Crippen LogP contribution in [0, 0.1) is 27.7 Å². The van der Waals surface area contributed by atoms with Crippen LogP contribution in [-0.2, 0) is 0 Å². The summed E-state index contributed by atoms with van der Waals surface area (Å²) < 4.78 is 2.08. The lowest BCUT2D eigenvalue weighted by Gasteiger charge is -2.24. The van der Waals surface area contributed by atoms with Crippen LogP contribution in [0.3, 0.4) is 0 Å². The summed E-state index contributed by atoms with van der Waals surface area (Å²) in [6.45, 7) is 11.0. The molecule has 236 valence electrons. The predicted octanol–water partition coefficient (Wildman–Crippen LogP) is 6.24. The maximum Gasteiger partial charge on any atom is 0.450 e. The Kier molecular flexibility index (Phi) is 21.6. The van der Waals surface area contributed by atoms with Crippen LogP contribution >= 0.6 is 66.2 Å². The summed E-state index contributed by atoms with van der Waals surface area (Å²) in [5, 5.41) is 31.9. The summed E-state index contributed by atoms with van der Waals surface area (Å²) in [4.78, 5) is 26.5. The highest BCUT2D eigenvalue weighted by Crippen LogP contribution is 2.28. The van der Waals surface area contributed by atoms with E-state index in [1.807, 2.05) is 58.9 Å². The molecule has 0 atom stereocenters. The third-order valence-corrected chi connectivity index (χ3v) is 8.00. The van der Waals surface area contributed by atoms with Crippen molar-refractivity contribution >= 4 is 94.6 Å². The Hall–Kier alpha value is -1.25. The number of hydrogen-bond acceptors (Lipinski definition) is 5. The van der Waals surface area contributed by atoms with Gasteiger partial charge in [-0.25, -0.2) is 9.59 Å². The monoisotopic (exact) mass is 774 g/mol. The first-order valence-corrected chi connectivity index (χ1v) is 16.0. The number of hydrogen-bond donors (Lipinski definition) is 5. The molecule has 0 bridgehead atoms. The quantitative estimate of drug-likeness (QED) is 0.183. The second kappa shape index (κ2) is 22.3. The topological polar surface area (TPSA) is 125 Å². The number of rotatable bonds is 10. The number of urea groups is 2. The lowest BCUT2D eigenvalue weighted by atomic mass is 10.1. The van der Waals surface area contributed by atoms with Crippen molar-refractivity contribution in [3.63, 3.8) is 0 Å². The molecule has 5 N–H and O–H groups in total. The van der Waals surface area contributed by atoms with E-state index in [-0.39, 0.29) is 51.5 Å². The Balaban J connectivity index is 0.000000710. The van der Waals surface area contributed by atoms with Crippen LogP contribution < -0.4 is 20.4 Å². The highest BCUT2D eigenvalue weighted by Gasteiger charge is 2.17. The number of anilines is 2. The molecule has 0 unspecified atom stereocenters. The minimum Gasteiger partial charge on any atom is -0.395 e. The molecule has 0 spiro atoms. The number of halogens is 5. The number of aryl methyl sites for hydroxylation is 4. The van der Waals surface area contributed by atoms with Crippen molar-refractivity contribution in [2.24, 2.45) is 0 Å². The highest BCUT2D eigenvalue weighted by molar-refractivity contribution is 9.10. The van der Waals surface area contributed by atoms with Gasteiger partial charge in [0.2, 0.25) is 0 Å². The standard InChI is InChI=1S/C14H21BrN2O2.C13H19BrN2O3.BCl3/c1-4-6-17(14(19)16-5-7-18)12-8-10(2)13(15)11(3)9-12;1-9-7-11(8-10(2)12(9)14)16(4-6-18)13(19)15-3-5-17;2-1(3)4/h8-9,18H,4-7H2,1-3H3,(H,16,19);7-8,17-18H,3-6H2,1-2H3,(H,15,19);. The van der Waals surface area contributed by atoms with Crippen LogP contribution in [0.2, 0.25) is 0 Å². The first kappa shape index (κ1) is 40.8. The Labute approximate surface area is 281 Å². The Morgan fingerprint density at radius 3 is 1.29 bits per heavy atom. The minimum absolute atomic E-state index is 0.0515. The Morgan fingerprint density at radius 1 is 0.714 bits per heavy atom. The van der Waals surface area contributed by atoms with Crippen molar-refractivity contribution in [2.45, 2.75) is 41.0 Å². The molecule has 0 radical (unpaired) electrons. The third kappa shape index (κ3) is 15.0. The maximum absolute atomic E-state index is 12.1. The van der Waals surface area contributed by atoms with Crippen molar-refractivity contribution in [2.75, 3.05) is 55.8 Å². The highest BCUT2D eigenvalue weighted by atomic mass is 79.9. The van der Waals surface area contributed by atoms with Gasteiger partial charge in [-0.05, 0) is 80.6 Å². The zero-order valence-corrected chi connectivity index (χ0v) is 29.9. The van der Waals surface area contributed by atoms with Gasteiger partial charge in [-0.3, -0.25) is 9.80 Å². The summed E-state index contributed by atoms with van der Waals surface area (Å²) in [7, 11) is 0. The molecule has 0 fully saturated rings. The molecular formula is C27H40BBr2Cl3N4O5. The van der Waals surface area contributed by atoms with Crippen molar-refractivity contribution < 1.29 is 24.9 Å². The van der Waals surface area contributed by atoms with Gasteiger partial charge in [-0.15, -0.1) is 0 Å². The summed E-state index contributed by atoms with van der Waals surface area (Å²) >= 11 is 21.4. The second-order valence-electron chi connectivity index (χ2n) is 8.97. The van der Waals surface area contributed by atoms with Gasteiger partial charge in [-0.1, -0.05) is 38.8 Å². The lowest BCUT2D eigenvalue weighted by molar-refractivity contribution is 0.235. The van der Waals surface area contributed by atoms with Crippen molar-refractivity contribution in [3.05, 3.63) is 55.5 Å². The average molecular weight is 778 g/mol. The zero-order valence-electron chi connectivity index (χ0n) is 24.5. The maximum atomic E-state index is 12.1. The number of carbonyl (C=O) groups is 2. The van der Waals surface area contributed by atoms with E-state index in [0.717, 1.165) is 49.0 Å². The van der Waals surface area contributed by atoms with Crippen LogP contribution in [0.15, 0.2) is 33.2 Å². The normalized spacial score (nSPS) is 10.0. The Morgan fingerprint density at radius 2 is 1.02 bits per heavy atom. The molecule has 2 aromatic carbocycles. The van der Waals surface area contributed by atoms with E-state index < -0.39 is 4.96 Å². The number of nitrogens with one attached hydrogen (secondary N) is 2. The van der Waals surface area contributed by atoms with Crippen LogP contribution in [-0.4, -0.2) is 78.3 Å². The van der Waals surface area contributed by atoms with E-state index in [0.29, 0.717) is 6.54 Å². The molecule has 2 rings (SSSR count). The molecule has 4 amide bonds. The third-order valence-electron chi connectivity index (χ3n) is 5.50. The molecule has 9 nitrogen and oxygen atoms in total. The molecule has 0 aliphatic carbocycles. The molecule has 0 aliphatic rings. The molecule has 0 aliphatic heterocycles. The minimum atomic E-state index is -0.750. The SMILES string of the molecule is CCCN(C(=O)NCCO)c1cc(C)c(Br)c(C)c1.Cc1cc(N(CCO)C(=O)NCCO)cc(C)c1Br.ClB(Cl)Cl. The number of nitrogens with zero attached hydrogens (tertiary/aromatic N) is 2. The first-order chi connectivity index (χ1) is 19.7. The van der Waals surface area contributed by atoms with E-state index in [4.69, 9.17) is 49.7 Å². The fourth-order valence-electron chi connectivity index (χ4n) is 3.69. The second-order valence-corrected chi connectivity index (χ2v) is 12.5. The van der Waals surface area contributed by atoms with Gasteiger partial charge in [0.05, 0.1) is 26.4 Å². The predicted molar refractivity (Wildman–Crippen MR) is 184 cm³/mol. The van der Waals surface area contributed by atoms with Gasteiger partial charge in [-0.2, -0.15) is 34.4 Å². The van der Waals surface area contributed by atoms with Gasteiger partial charge >= 0.3 is 17.0 Å². The largest absolute Gasteiger partial charge is 0.450 e. The van der Waals surface area contributed by atoms with E-state index >= 15 is 0 Å². The van der Waals surface area contributed by atoms with Crippen molar-refractivity contribution in [1.29, 1.82) is 0 Å². The molecule has 15 heteroatoms. The molecular weight excluding hydrogens is 737 g/mol. The molecule has 0 saturated heterocycles. The molecule has 2 aromatic rings. The molecule has 0 saturated carbocycles. The smallest absolute Gasteiger partial charge is 0.395 e. The van der Waals surface area contributed by atoms with E-state index in [1.54, 1.807) is 4.90 Å². The van der Waals surface area contributed by atoms with E-state index in [1.165, 1.54) is 4.90 Å². The number of aliphatic hydroxyl groups excluding tert-OH is 3. The van der Waals surface area contributed by atoms with Gasteiger partial charge in [0.1, 0.15) is 0 Å². The van der Waals surface area contributed by atoms with Crippen molar-refractivity contribution in [1.82, 2.24) is 10.6 Å². The lowest BCUT2D eigenvalue weighted by Crippen LogP contribution is -2.42. The van der Waals surface area contributed by atoms with Gasteiger partial charge < -0.3 is 26.0 Å². The number of carbonyl (C=O) groups excluding carboxylic acids is 2. The average Bonchev–Trinajstić information content (AvgIpc) is 2.93. The van der Waals surface area contributed by atoms with Gasteiger partial charge in [0.25, 0.3) is 0 Å². The van der Waals surface area contributed by atoms with Gasteiger partial charge in [0, 0.05) is 40.0 Å². The molecule has 0 heterocycles. The summed E-state index contributed by atoms with van der Waals surface area (Å²) in [5.74, 6) is 0. The van der Waals surface area contributed by atoms with E-state index in [2.05, 4.69) is 42.5 Å². The number of benzene rings is 2. The summed E-state index contributed by atoms with van der Waals surface area (Å²) in [6, 6.07) is 7.24. The van der Waals surface area contributed by atoms with Crippen LogP contribution in [0.4, 0.5) is 21.0 Å². The number of aliphatic hydroxyl groups is 3. The Bertz CT molecular complexity index is 1000. The summed E-state index contributed by atoms with van der Waals surface area (Å²) in [6.07, 6.45) is 0.876. The first-order valence-electron chi connectivity index (χ1n) is 13.1. The van der Waals surface area contributed by atoms with Gasteiger partial charge in [0.15, 0.2) is 0 Å². The fraction of sp³-hybridized carbons (Fsp3) is 0.481. The van der Waals surface area contributed by atoms with Crippen molar-refractivity contribution in [3.8, 4) is 0 Å². The van der Waals surface area contributed by atoms with Crippen LogP contribution in [0.1, 0.15) is 35.6 Å². The van der Waals surface area contributed by atoms with E-state index in [9.17, 15) is 9.59 Å². The molecule has 0 aromatic heterocycles. The zero-order chi connectivity index (χ0) is 32.4. The fourth-order valence-corrected chi connectivity index (χ4v) is 4.15. The van der Waals surface area contributed by atoms with Crippen LogP contribution in [0.5, 0.6) is 0 Å². The number of amides is 4.